The molecule has 0 bridgehead atoms. The van der Waals surface area contributed by atoms with Crippen molar-refractivity contribution in [1.29, 1.82) is 0 Å². The Balaban J connectivity index is 1.52. The molecule has 8 heteroatoms. The van der Waals surface area contributed by atoms with E-state index in [2.05, 4.69) is 21.2 Å². The lowest BCUT2D eigenvalue weighted by molar-refractivity contribution is -0.119. The van der Waals surface area contributed by atoms with Crippen molar-refractivity contribution in [1.82, 2.24) is 0 Å². The van der Waals surface area contributed by atoms with E-state index < -0.39 is 24.3 Å². The van der Waals surface area contributed by atoms with E-state index in [0.29, 0.717) is 15.7 Å². The summed E-state index contributed by atoms with van der Waals surface area (Å²) in [6.45, 7) is 1.36. The number of ether oxygens (including phenoxy) is 1. The predicted molar refractivity (Wildman–Crippen MR) is 122 cm³/mol. The number of halogens is 1. The third-order valence-corrected chi connectivity index (χ3v) is 5.74. The fourth-order valence-corrected chi connectivity index (χ4v) is 4.10. The standard InChI is InChI=1S/C24H17BrN2O5/c1-12-6-9-18(17(25)10-12)27-19(28)11-32-24(31)16-8-7-15-20(21(16)26)23(30)14-5-3-2-4-13(14)22(15)29/h2-10H,11,26H2,1H3,(H,27,28). The molecule has 32 heavy (non-hydrogen) atoms. The van der Waals surface area contributed by atoms with Gasteiger partial charge in [-0.1, -0.05) is 30.3 Å². The first kappa shape index (κ1) is 21.5. The number of benzene rings is 3. The van der Waals surface area contributed by atoms with E-state index in [0.717, 1.165) is 5.56 Å². The maximum atomic E-state index is 12.9. The molecule has 0 atom stereocenters. The summed E-state index contributed by atoms with van der Waals surface area (Å²) in [4.78, 5) is 50.4. The van der Waals surface area contributed by atoms with Crippen LogP contribution in [-0.4, -0.2) is 30.0 Å². The molecule has 3 aromatic rings. The zero-order chi connectivity index (χ0) is 23.0. The topological polar surface area (TPSA) is 116 Å². The van der Waals surface area contributed by atoms with Crippen LogP contribution in [0.5, 0.6) is 0 Å². The number of nitrogens with one attached hydrogen (secondary N) is 1. The van der Waals surface area contributed by atoms with Crippen LogP contribution in [0.15, 0.2) is 59.1 Å². The number of hydrogen-bond acceptors (Lipinski definition) is 6. The van der Waals surface area contributed by atoms with Crippen LogP contribution in [0, 0.1) is 6.92 Å². The van der Waals surface area contributed by atoms with Crippen molar-refractivity contribution < 1.29 is 23.9 Å². The van der Waals surface area contributed by atoms with E-state index in [4.69, 9.17) is 10.5 Å². The van der Waals surface area contributed by atoms with E-state index in [-0.39, 0.29) is 33.7 Å². The number of carbonyl (C=O) groups is 4. The summed E-state index contributed by atoms with van der Waals surface area (Å²) in [7, 11) is 0. The van der Waals surface area contributed by atoms with Gasteiger partial charge in [-0.3, -0.25) is 14.4 Å². The molecular formula is C24H17BrN2O5. The van der Waals surface area contributed by atoms with Crippen LogP contribution in [0.25, 0.3) is 0 Å². The number of nitrogen functional groups attached to an aromatic ring is 1. The van der Waals surface area contributed by atoms with Crippen LogP contribution >= 0.6 is 15.9 Å². The number of esters is 1. The highest BCUT2D eigenvalue weighted by Crippen LogP contribution is 2.33. The van der Waals surface area contributed by atoms with Crippen LogP contribution in [0.2, 0.25) is 0 Å². The maximum absolute atomic E-state index is 12.9. The van der Waals surface area contributed by atoms with Crippen LogP contribution in [0.4, 0.5) is 11.4 Å². The van der Waals surface area contributed by atoms with Gasteiger partial charge in [-0.15, -0.1) is 0 Å². The number of ketones is 2. The highest BCUT2D eigenvalue weighted by molar-refractivity contribution is 9.10. The van der Waals surface area contributed by atoms with Crippen LogP contribution in [0.3, 0.4) is 0 Å². The van der Waals surface area contributed by atoms with Crippen LogP contribution < -0.4 is 11.1 Å². The molecule has 7 nitrogen and oxygen atoms in total. The molecule has 0 fully saturated rings. The molecule has 1 aliphatic carbocycles. The Morgan fingerprint density at radius 1 is 0.969 bits per heavy atom. The van der Waals surface area contributed by atoms with Crippen LogP contribution in [-0.2, 0) is 9.53 Å². The number of fused-ring (bicyclic) bond motifs is 2. The van der Waals surface area contributed by atoms with Gasteiger partial charge in [0, 0.05) is 21.2 Å². The average Bonchev–Trinajstić information content (AvgIpc) is 2.77. The van der Waals surface area contributed by atoms with Gasteiger partial charge in [-0.05, 0) is 52.7 Å². The van der Waals surface area contributed by atoms with E-state index in [1.54, 1.807) is 24.3 Å². The monoisotopic (exact) mass is 492 g/mol. The molecule has 1 amide bonds. The van der Waals surface area contributed by atoms with Crippen molar-refractivity contribution in [2.24, 2.45) is 0 Å². The second kappa shape index (κ2) is 8.39. The summed E-state index contributed by atoms with van der Waals surface area (Å²) < 4.78 is 5.78. The molecular weight excluding hydrogens is 476 g/mol. The minimum atomic E-state index is -0.873. The third kappa shape index (κ3) is 3.80. The lowest BCUT2D eigenvalue weighted by Gasteiger charge is -2.20. The Bertz CT molecular complexity index is 1320. The second-order valence-electron chi connectivity index (χ2n) is 7.26. The molecule has 4 rings (SSSR count). The lowest BCUT2D eigenvalue weighted by Crippen LogP contribution is -2.25. The van der Waals surface area contributed by atoms with E-state index in [1.807, 2.05) is 19.1 Å². The fraction of sp³-hybridized carbons (Fsp3) is 0.0833. The highest BCUT2D eigenvalue weighted by atomic mass is 79.9. The van der Waals surface area contributed by atoms with Gasteiger partial charge >= 0.3 is 5.97 Å². The molecule has 0 radical (unpaired) electrons. The Kier molecular flexibility index (Phi) is 5.63. The van der Waals surface area contributed by atoms with Gasteiger partial charge in [0.1, 0.15) is 0 Å². The van der Waals surface area contributed by atoms with Gasteiger partial charge in [-0.2, -0.15) is 0 Å². The summed E-state index contributed by atoms with van der Waals surface area (Å²) >= 11 is 3.36. The number of amides is 1. The first-order valence-corrected chi connectivity index (χ1v) is 10.4. The number of nitrogens with two attached hydrogens (primary N) is 1. The van der Waals surface area contributed by atoms with Gasteiger partial charge in [0.2, 0.25) is 0 Å². The zero-order valence-corrected chi connectivity index (χ0v) is 18.5. The minimum absolute atomic E-state index is 0.0313. The first-order valence-electron chi connectivity index (χ1n) is 9.62. The molecule has 3 N–H and O–H groups in total. The average molecular weight is 493 g/mol. The molecule has 1 aliphatic rings. The summed E-state index contributed by atoms with van der Waals surface area (Å²) in [5, 5.41) is 2.64. The molecule has 0 saturated heterocycles. The summed E-state index contributed by atoms with van der Waals surface area (Å²) in [5.74, 6) is -2.20. The minimum Gasteiger partial charge on any atom is -0.452 e. The quantitative estimate of drug-likeness (QED) is 0.329. The Morgan fingerprint density at radius 2 is 1.66 bits per heavy atom. The summed E-state index contributed by atoms with van der Waals surface area (Å²) in [5.41, 5.74) is 8.02. The molecule has 0 aromatic heterocycles. The van der Waals surface area contributed by atoms with E-state index in [1.165, 1.54) is 18.2 Å². The van der Waals surface area contributed by atoms with Crippen molar-refractivity contribution in [3.05, 3.63) is 92.5 Å². The van der Waals surface area contributed by atoms with Crippen molar-refractivity contribution >= 4 is 50.7 Å². The van der Waals surface area contributed by atoms with Crippen LogP contribution in [0.1, 0.15) is 47.8 Å². The molecule has 0 aliphatic heterocycles. The zero-order valence-electron chi connectivity index (χ0n) is 16.9. The number of carbonyl (C=O) groups excluding carboxylic acids is 4. The van der Waals surface area contributed by atoms with Gasteiger partial charge in [0.25, 0.3) is 5.91 Å². The number of rotatable bonds is 4. The largest absolute Gasteiger partial charge is 0.452 e. The van der Waals surface area contributed by atoms with Crippen molar-refractivity contribution in [3.63, 3.8) is 0 Å². The number of aryl methyl sites for hydroxylation is 1. The Morgan fingerprint density at radius 3 is 2.34 bits per heavy atom. The molecule has 160 valence electrons. The van der Waals surface area contributed by atoms with E-state index >= 15 is 0 Å². The summed E-state index contributed by atoms with van der Waals surface area (Å²) in [6, 6.07) is 14.5. The first-order chi connectivity index (χ1) is 15.3. The Hall–Kier alpha value is -3.78. The van der Waals surface area contributed by atoms with Crippen molar-refractivity contribution in [2.45, 2.75) is 6.92 Å². The fourth-order valence-electron chi connectivity index (χ4n) is 3.51. The molecule has 0 heterocycles. The maximum Gasteiger partial charge on any atom is 0.340 e. The predicted octanol–water partition coefficient (Wildman–Crippen LogP) is 3.91. The Labute approximate surface area is 191 Å². The van der Waals surface area contributed by atoms with Gasteiger partial charge in [0.15, 0.2) is 18.2 Å². The normalized spacial score (nSPS) is 12.1. The lowest BCUT2D eigenvalue weighted by atomic mass is 9.82. The van der Waals surface area contributed by atoms with Crippen molar-refractivity contribution in [3.8, 4) is 0 Å². The number of hydrogen-bond donors (Lipinski definition) is 2. The third-order valence-electron chi connectivity index (χ3n) is 5.09. The smallest absolute Gasteiger partial charge is 0.340 e. The SMILES string of the molecule is Cc1ccc(NC(=O)COC(=O)c2ccc3c(c2N)C(=O)c2ccccc2C3=O)c(Br)c1. The molecule has 0 saturated carbocycles. The van der Waals surface area contributed by atoms with Gasteiger partial charge in [0.05, 0.1) is 22.5 Å². The second-order valence-corrected chi connectivity index (χ2v) is 8.12. The molecule has 0 spiro atoms. The van der Waals surface area contributed by atoms with E-state index in [9.17, 15) is 19.2 Å². The van der Waals surface area contributed by atoms with Gasteiger partial charge < -0.3 is 15.8 Å². The number of anilines is 2. The summed E-state index contributed by atoms with van der Waals surface area (Å²) in [6.07, 6.45) is 0. The molecule has 3 aromatic carbocycles. The van der Waals surface area contributed by atoms with Crippen molar-refractivity contribution in [2.75, 3.05) is 17.7 Å². The highest BCUT2D eigenvalue weighted by Gasteiger charge is 2.33. The van der Waals surface area contributed by atoms with Gasteiger partial charge in [-0.25, -0.2) is 4.79 Å². The molecule has 0 unspecified atom stereocenters.